The van der Waals surface area contributed by atoms with Gasteiger partial charge >= 0.3 is 0 Å². The van der Waals surface area contributed by atoms with Crippen LogP contribution < -0.4 is 24.8 Å². The smallest absolute Gasteiger partial charge is 0.236 e. The Hall–Kier alpha value is -3.30. The molecule has 3 aliphatic heterocycles. The van der Waals surface area contributed by atoms with E-state index in [0.717, 1.165) is 38.2 Å². The molecule has 37 heavy (non-hydrogen) atoms. The van der Waals surface area contributed by atoms with Crippen LogP contribution in [0.25, 0.3) is 0 Å². The van der Waals surface area contributed by atoms with Crippen LogP contribution in [0.1, 0.15) is 35.2 Å². The van der Waals surface area contributed by atoms with E-state index in [0.29, 0.717) is 23.2 Å². The molecule has 0 aromatic heterocycles. The van der Waals surface area contributed by atoms with Gasteiger partial charge in [-0.2, -0.15) is 0 Å². The maximum absolute atomic E-state index is 14.0. The van der Waals surface area contributed by atoms with Crippen LogP contribution in [-0.2, 0) is 11.3 Å². The van der Waals surface area contributed by atoms with Crippen LogP contribution in [0.5, 0.6) is 17.2 Å². The third-order valence-corrected chi connectivity index (χ3v) is 8.13. The van der Waals surface area contributed by atoms with Crippen molar-refractivity contribution in [1.29, 1.82) is 0 Å². The Kier molecular flexibility index (Phi) is 5.80. The quantitative estimate of drug-likeness (QED) is 0.390. The summed E-state index contributed by atoms with van der Waals surface area (Å²) in [6.07, 6.45) is 0. The van der Waals surface area contributed by atoms with Gasteiger partial charge in [-0.05, 0) is 80.5 Å². The lowest BCUT2D eigenvalue weighted by molar-refractivity contribution is -0.150. The first-order valence-corrected chi connectivity index (χ1v) is 13.3. The molecule has 0 aliphatic carbocycles. The second-order valence-corrected chi connectivity index (χ2v) is 11.1. The topological polar surface area (TPSA) is 72.1 Å². The van der Waals surface area contributed by atoms with Gasteiger partial charge in [0.1, 0.15) is 11.7 Å². The average molecular weight is 581 g/mol. The zero-order valence-corrected chi connectivity index (χ0v) is 23.0. The molecule has 3 atom stereocenters. The van der Waals surface area contributed by atoms with Crippen LogP contribution in [-0.4, -0.2) is 28.4 Å². The Bertz CT molecular complexity index is 1450. The van der Waals surface area contributed by atoms with Crippen LogP contribution >= 0.6 is 28.1 Å². The van der Waals surface area contributed by atoms with Crippen LogP contribution in [0, 0.1) is 19.8 Å². The van der Waals surface area contributed by atoms with Gasteiger partial charge < -0.3 is 29.7 Å². The van der Waals surface area contributed by atoms with Gasteiger partial charge in [-0.15, -0.1) is 0 Å². The van der Waals surface area contributed by atoms with Gasteiger partial charge in [-0.1, -0.05) is 39.7 Å². The normalized spacial score (nSPS) is 23.1. The number of amides is 1. The summed E-state index contributed by atoms with van der Waals surface area (Å²) in [5.41, 5.74) is 3.73. The predicted octanol–water partition coefficient (Wildman–Crippen LogP) is 5.59. The van der Waals surface area contributed by atoms with E-state index in [-0.39, 0.29) is 18.7 Å². The SMILES string of the molecule is Cc1ccc(NC(=O)[C@H]2[C@@H]3NC(=S)N(Cc4ccc5c(c4)OCO5)[C@@]2(C)Oc2ccc(Br)cc23)c(C)c1. The average Bonchev–Trinajstić information content (AvgIpc) is 3.32. The molecule has 0 spiro atoms. The van der Waals surface area contributed by atoms with Crippen molar-refractivity contribution in [2.45, 2.75) is 39.1 Å². The van der Waals surface area contributed by atoms with E-state index in [9.17, 15) is 4.79 Å². The summed E-state index contributed by atoms with van der Waals surface area (Å²) in [6.45, 7) is 6.60. The van der Waals surface area contributed by atoms with E-state index in [1.54, 1.807) is 0 Å². The molecule has 7 nitrogen and oxygen atoms in total. The van der Waals surface area contributed by atoms with Crippen molar-refractivity contribution in [1.82, 2.24) is 10.2 Å². The summed E-state index contributed by atoms with van der Waals surface area (Å²) >= 11 is 9.42. The first-order valence-electron chi connectivity index (χ1n) is 12.1. The molecule has 1 amide bonds. The molecule has 6 rings (SSSR count). The highest BCUT2D eigenvalue weighted by molar-refractivity contribution is 9.10. The third-order valence-electron chi connectivity index (χ3n) is 7.29. The van der Waals surface area contributed by atoms with E-state index in [2.05, 4.69) is 32.6 Å². The van der Waals surface area contributed by atoms with Gasteiger partial charge in [0.2, 0.25) is 12.7 Å². The number of carbonyl (C=O) groups excluding carboxylic acids is 1. The number of rotatable bonds is 4. The van der Waals surface area contributed by atoms with Crippen molar-refractivity contribution < 1.29 is 19.0 Å². The number of nitrogens with one attached hydrogen (secondary N) is 2. The van der Waals surface area contributed by atoms with E-state index in [4.69, 9.17) is 26.4 Å². The number of hydrogen-bond donors (Lipinski definition) is 2. The summed E-state index contributed by atoms with van der Waals surface area (Å²) in [7, 11) is 0. The first kappa shape index (κ1) is 24.1. The largest absolute Gasteiger partial charge is 0.467 e. The standard InChI is InChI=1S/C28H26BrN3O4S/c1-15-4-7-20(16(2)10-15)30-26(33)24-25-19-12-18(29)6-9-21(19)36-28(24,3)32(27(37)31-25)13-17-5-8-22-23(11-17)35-14-34-22/h4-12,24-25H,13-14H2,1-3H3,(H,30,33)(H,31,37)/t24-,25-,28+/m1/s1. The molecule has 2 bridgehead atoms. The Morgan fingerprint density at radius 1 is 1.11 bits per heavy atom. The summed E-state index contributed by atoms with van der Waals surface area (Å²) in [4.78, 5) is 16.0. The lowest BCUT2D eigenvalue weighted by atomic mass is 9.78. The molecule has 9 heteroatoms. The number of carbonyl (C=O) groups is 1. The fourth-order valence-corrected chi connectivity index (χ4v) is 6.19. The van der Waals surface area contributed by atoms with Crippen LogP contribution in [0.4, 0.5) is 5.69 Å². The number of aryl methyl sites for hydroxylation is 2. The Balaban J connectivity index is 1.40. The number of benzene rings is 3. The van der Waals surface area contributed by atoms with Crippen LogP contribution in [0.15, 0.2) is 59.1 Å². The molecule has 0 unspecified atom stereocenters. The highest BCUT2D eigenvalue weighted by Crippen LogP contribution is 2.50. The molecule has 0 saturated carbocycles. The molecule has 0 radical (unpaired) electrons. The number of thiocarbonyl (C=S) groups is 1. The molecule has 3 heterocycles. The van der Waals surface area contributed by atoms with E-state index < -0.39 is 11.6 Å². The van der Waals surface area contributed by atoms with Crippen molar-refractivity contribution >= 4 is 44.9 Å². The third kappa shape index (κ3) is 4.10. The number of fused-ring (bicyclic) bond motifs is 5. The Labute approximate surface area is 229 Å². The molecule has 3 aliphatic rings. The molecule has 1 fully saturated rings. The van der Waals surface area contributed by atoms with Crippen molar-refractivity contribution in [3.8, 4) is 17.2 Å². The predicted molar refractivity (Wildman–Crippen MR) is 148 cm³/mol. The summed E-state index contributed by atoms with van der Waals surface area (Å²) < 4.78 is 18.6. The molecular formula is C28H26BrN3O4S. The molecule has 190 valence electrons. The summed E-state index contributed by atoms with van der Waals surface area (Å²) in [5.74, 6) is 1.39. The molecule has 1 saturated heterocycles. The van der Waals surface area contributed by atoms with Crippen molar-refractivity contribution in [2.24, 2.45) is 5.92 Å². The number of halogens is 1. The fraction of sp³-hybridized carbons (Fsp3) is 0.286. The Morgan fingerprint density at radius 3 is 2.70 bits per heavy atom. The van der Waals surface area contributed by atoms with Gasteiger partial charge in [-0.3, -0.25) is 4.79 Å². The fourth-order valence-electron chi connectivity index (χ4n) is 5.44. The number of nitrogens with zero attached hydrogens (tertiary/aromatic N) is 1. The van der Waals surface area contributed by atoms with Gasteiger partial charge in [0.05, 0.1) is 6.04 Å². The van der Waals surface area contributed by atoms with Crippen molar-refractivity contribution in [3.63, 3.8) is 0 Å². The van der Waals surface area contributed by atoms with E-state index in [1.165, 1.54) is 0 Å². The second kappa shape index (κ2) is 8.92. The summed E-state index contributed by atoms with van der Waals surface area (Å²) in [5, 5.41) is 7.14. The number of hydrogen-bond acceptors (Lipinski definition) is 5. The van der Waals surface area contributed by atoms with Gasteiger partial charge in [0.15, 0.2) is 22.3 Å². The van der Waals surface area contributed by atoms with Crippen LogP contribution in [0.2, 0.25) is 0 Å². The molecule has 2 N–H and O–H groups in total. The Morgan fingerprint density at radius 2 is 1.89 bits per heavy atom. The minimum Gasteiger partial charge on any atom is -0.467 e. The van der Waals surface area contributed by atoms with E-state index in [1.807, 2.05) is 74.2 Å². The second-order valence-electron chi connectivity index (χ2n) is 9.83. The zero-order valence-electron chi connectivity index (χ0n) is 20.6. The van der Waals surface area contributed by atoms with Gasteiger partial charge in [0.25, 0.3) is 0 Å². The first-order chi connectivity index (χ1) is 17.7. The highest BCUT2D eigenvalue weighted by atomic mass is 79.9. The molecule has 3 aromatic rings. The van der Waals surface area contributed by atoms with Crippen molar-refractivity contribution in [3.05, 3.63) is 81.3 Å². The molecule has 3 aromatic carbocycles. The van der Waals surface area contributed by atoms with Crippen LogP contribution in [0.3, 0.4) is 0 Å². The van der Waals surface area contributed by atoms with E-state index >= 15 is 0 Å². The minimum absolute atomic E-state index is 0.143. The maximum atomic E-state index is 14.0. The van der Waals surface area contributed by atoms with Crippen molar-refractivity contribution in [2.75, 3.05) is 12.1 Å². The number of anilines is 1. The number of ether oxygens (including phenoxy) is 3. The lowest BCUT2D eigenvalue weighted by Gasteiger charge is -2.56. The minimum atomic E-state index is -1.05. The maximum Gasteiger partial charge on any atom is 0.236 e. The monoisotopic (exact) mass is 579 g/mol. The van der Waals surface area contributed by atoms with Gasteiger partial charge in [-0.25, -0.2) is 0 Å². The lowest BCUT2D eigenvalue weighted by Crippen LogP contribution is -2.71. The van der Waals surface area contributed by atoms with Gasteiger partial charge in [0, 0.05) is 22.3 Å². The highest BCUT2D eigenvalue weighted by Gasteiger charge is 2.58. The molecular weight excluding hydrogens is 554 g/mol. The zero-order chi connectivity index (χ0) is 25.9. The summed E-state index contributed by atoms with van der Waals surface area (Å²) in [6, 6.07) is 17.3.